The first-order valence-electron chi connectivity index (χ1n) is 41.1. The molecule has 6 heteroatoms. The lowest BCUT2D eigenvalue weighted by Gasteiger charge is -2.25. The van der Waals surface area contributed by atoms with Crippen molar-refractivity contribution >= 4 is 97.5 Å². The Bertz CT molecular complexity index is 7810. The Morgan fingerprint density at radius 2 is 0.580 bits per heavy atom. The van der Waals surface area contributed by atoms with Crippen molar-refractivity contribution in [1.29, 1.82) is 0 Å². The summed E-state index contributed by atoms with van der Waals surface area (Å²) in [6.07, 6.45) is 0. The van der Waals surface area contributed by atoms with Crippen molar-refractivity contribution in [3.8, 4) is 118 Å². The van der Waals surface area contributed by atoms with Gasteiger partial charge in [0.25, 0.3) is 0 Å². The quantitative estimate of drug-likeness (QED) is 0.106. The van der Waals surface area contributed by atoms with Gasteiger partial charge in [0.2, 0.25) is 0 Å². The van der Waals surface area contributed by atoms with Gasteiger partial charge in [0.1, 0.15) is 5.82 Å². The molecule has 0 bridgehead atoms. The zero-order valence-electron chi connectivity index (χ0n) is 66.1. The second-order valence-electron chi connectivity index (χ2n) is 32.8. The molecular weight excluding hydrogens is 1440 g/mol. The molecule has 4 aromatic heterocycles. The van der Waals surface area contributed by atoms with Crippen molar-refractivity contribution in [1.82, 2.24) is 29.5 Å². The molecule has 6 nitrogen and oxygen atoms in total. The van der Waals surface area contributed by atoms with Crippen LogP contribution in [-0.2, 0) is 10.8 Å². The molecule has 0 N–H and O–H groups in total. The second kappa shape index (κ2) is 27.3. The molecule has 2 aliphatic carbocycles. The summed E-state index contributed by atoms with van der Waals surface area (Å²) in [4.78, 5) is 27.0. The molecule has 0 atom stereocenters. The molecule has 2 aliphatic rings. The zero-order chi connectivity index (χ0) is 79.2. The topological polar surface area (TPSA) is 69.4 Å². The van der Waals surface area contributed by atoms with Crippen LogP contribution >= 0.6 is 0 Å². The smallest absolute Gasteiger partial charge is 0.161 e. The maximum Gasteiger partial charge on any atom is 0.161 e. The summed E-state index contributed by atoms with van der Waals surface area (Å²) < 4.78 is 2.35. The van der Waals surface area contributed by atoms with E-state index in [2.05, 4.69) is 408 Å². The molecule has 0 saturated heterocycles. The van der Waals surface area contributed by atoms with Crippen molar-refractivity contribution in [2.24, 2.45) is 0 Å². The molecule has 0 amide bonds. The predicted octanol–water partition coefficient (Wildman–Crippen LogP) is 29.5. The van der Waals surface area contributed by atoms with Crippen LogP contribution in [0.25, 0.3) is 215 Å². The summed E-state index contributed by atoms with van der Waals surface area (Å²) in [5.41, 5.74) is 30.4. The van der Waals surface area contributed by atoms with Crippen LogP contribution in [0.4, 0.5) is 0 Å². The number of rotatable bonds is 9. The predicted molar refractivity (Wildman–Crippen MR) is 497 cm³/mol. The van der Waals surface area contributed by atoms with Gasteiger partial charge in [-0.1, -0.05) is 398 Å². The van der Waals surface area contributed by atoms with Crippen molar-refractivity contribution in [2.75, 3.05) is 0 Å². The summed E-state index contributed by atoms with van der Waals surface area (Å²) in [5, 5.41) is 16.5. The Kier molecular flexibility index (Phi) is 15.9. The van der Waals surface area contributed by atoms with Gasteiger partial charge < -0.3 is 0 Å². The van der Waals surface area contributed by atoms with Gasteiger partial charge in [-0.3, -0.25) is 4.57 Å². The minimum Gasteiger partial charge on any atom is -0.292 e. The van der Waals surface area contributed by atoms with Crippen molar-refractivity contribution in [2.45, 2.75) is 38.5 Å². The molecule has 119 heavy (non-hydrogen) atoms. The van der Waals surface area contributed by atoms with Crippen LogP contribution in [0.1, 0.15) is 49.9 Å². The SMILES string of the molecule is CC1(C)c2ccccc2-c2nc3c(ccc4ccccc43)c(-c3ccc(-c4c5ccccc5c(-c5nc(-c6ccccc6)cc(-c6ccccc6)n5)c5ccccc45)cc3)c21.CC1(C)c2ccccc2-c2nc3c(ccc4ccccc43)c(-c3ccc(-c4ccc(-n5c(-c6ccccc6)nc6c7ccccc7c7ccccc7c65)cc4)cc3)c21. The van der Waals surface area contributed by atoms with Gasteiger partial charge in [0, 0.05) is 82.2 Å². The summed E-state index contributed by atoms with van der Waals surface area (Å²) in [5.74, 6) is 1.65. The molecule has 22 aromatic rings. The van der Waals surface area contributed by atoms with Gasteiger partial charge >= 0.3 is 0 Å². The van der Waals surface area contributed by atoms with Gasteiger partial charge in [0.05, 0.1) is 44.8 Å². The van der Waals surface area contributed by atoms with Crippen molar-refractivity contribution in [3.63, 3.8) is 0 Å². The average Bonchev–Trinajstić information content (AvgIpc) is 1.56. The number of fused-ring (bicyclic) bond motifs is 20. The summed E-state index contributed by atoms with van der Waals surface area (Å²) >= 11 is 0. The standard InChI is InChI=1S/C58H39N3.C55H37N3/c1-58(2)48-28-16-15-27-46(48)56-54(58)52(47-34-33-36-17-9-10-22-41(36)55(47)61-56)40-31-29-39(30-32-40)51-42-23-11-13-25-44(42)53(45-26-14-12-24-43(45)51)57-59-49(37-18-5-3-6-19-37)35-50(60-57)38-20-7-4-8-21-38;1-55(2)47-23-13-12-22-45(47)51-49(55)48(46-33-30-36-14-6-7-17-40(36)50(46)56-51)37-26-24-34(25-27-37)35-28-31-39(32-29-35)58-53-44-21-11-9-19-42(44)41-18-8-10-20-43(41)52(53)57-54(58)38-15-4-3-5-16-38/h3-35H,1-2H3;3-33H,1-2H3. The van der Waals surface area contributed by atoms with Crippen LogP contribution in [0.3, 0.4) is 0 Å². The molecule has 18 aromatic carbocycles. The molecule has 24 rings (SSSR count). The van der Waals surface area contributed by atoms with Gasteiger partial charge in [-0.25, -0.2) is 24.9 Å². The normalized spacial score (nSPS) is 13.0. The largest absolute Gasteiger partial charge is 0.292 e. The second-order valence-corrected chi connectivity index (χ2v) is 32.8. The van der Waals surface area contributed by atoms with Crippen molar-refractivity contribution in [3.05, 3.63) is 411 Å². The minimum atomic E-state index is -0.227. The molecule has 0 spiro atoms. The zero-order valence-corrected chi connectivity index (χ0v) is 66.1. The van der Waals surface area contributed by atoms with E-state index >= 15 is 0 Å². The molecule has 0 unspecified atom stereocenters. The highest BCUT2D eigenvalue weighted by atomic mass is 15.1. The number of pyridine rings is 2. The Hall–Kier alpha value is -15.1. The van der Waals surface area contributed by atoms with Crippen LogP contribution in [0.2, 0.25) is 0 Å². The van der Waals surface area contributed by atoms with Gasteiger partial charge in [0.15, 0.2) is 5.82 Å². The fraction of sp³-hybridized carbons (Fsp3) is 0.0531. The van der Waals surface area contributed by atoms with E-state index in [1.807, 2.05) is 12.1 Å². The highest BCUT2D eigenvalue weighted by Crippen LogP contribution is 2.57. The third-order valence-corrected chi connectivity index (χ3v) is 25.4. The summed E-state index contributed by atoms with van der Waals surface area (Å²) in [6, 6.07) is 140. The first kappa shape index (κ1) is 69.4. The maximum atomic E-state index is 5.51. The summed E-state index contributed by atoms with van der Waals surface area (Å²) in [7, 11) is 0. The lowest BCUT2D eigenvalue weighted by Crippen LogP contribution is -2.16. The first-order valence-corrected chi connectivity index (χ1v) is 41.1. The number of hydrogen-bond donors (Lipinski definition) is 0. The van der Waals surface area contributed by atoms with Crippen LogP contribution in [0.5, 0.6) is 0 Å². The highest BCUT2D eigenvalue weighted by molar-refractivity contribution is 6.25. The molecule has 0 saturated carbocycles. The van der Waals surface area contributed by atoms with Crippen LogP contribution < -0.4 is 0 Å². The fourth-order valence-corrected chi connectivity index (χ4v) is 19.9. The highest BCUT2D eigenvalue weighted by Gasteiger charge is 2.42. The molecule has 4 heterocycles. The average molecular weight is 1520 g/mol. The maximum absolute atomic E-state index is 5.51. The van der Waals surface area contributed by atoms with Crippen LogP contribution in [0.15, 0.2) is 388 Å². The Morgan fingerprint density at radius 3 is 1.05 bits per heavy atom. The van der Waals surface area contributed by atoms with Crippen LogP contribution in [0, 0.1) is 0 Å². The van der Waals surface area contributed by atoms with E-state index in [4.69, 9.17) is 24.9 Å². The van der Waals surface area contributed by atoms with Gasteiger partial charge in [-0.2, -0.15) is 0 Å². The van der Waals surface area contributed by atoms with E-state index in [1.54, 1.807) is 0 Å². The molecule has 558 valence electrons. The number of aromatic nitrogens is 6. The third-order valence-electron chi connectivity index (χ3n) is 25.4. The number of hydrogen-bond acceptors (Lipinski definition) is 5. The molecular formula is C113H76N6. The monoisotopic (exact) mass is 1520 g/mol. The molecule has 0 radical (unpaired) electrons. The van der Waals surface area contributed by atoms with E-state index in [9.17, 15) is 0 Å². The minimum absolute atomic E-state index is 0.198. The lowest BCUT2D eigenvalue weighted by atomic mass is 9.78. The van der Waals surface area contributed by atoms with E-state index in [-0.39, 0.29) is 10.8 Å². The Morgan fingerprint density at radius 1 is 0.227 bits per heavy atom. The van der Waals surface area contributed by atoms with E-state index in [1.165, 1.54) is 121 Å². The van der Waals surface area contributed by atoms with Crippen molar-refractivity contribution < 1.29 is 0 Å². The third kappa shape index (κ3) is 11.0. The van der Waals surface area contributed by atoms with Gasteiger partial charge in [-0.05, 0) is 128 Å². The van der Waals surface area contributed by atoms with E-state index in [0.717, 1.165) is 111 Å². The van der Waals surface area contributed by atoms with E-state index < -0.39 is 0 Å². The molecule has 0 fully saturated rings. The Labute approximate surface area is 689 Å². The Balaban J connectivity index is 0.000000139. The van der Waals surface area contributed by atoms with Gasteiger partial charge in [-0.15, -0.1) is 0 Å². The van der Waals surface area contributed by atoms with E-state index in [0.29, 0.717) is 5.82 Å². The first-order chi connectivity index (χ1) is 58.6. The fourth-order valence-electron chi connectivity index (χ4n) is 19.9. The van der Waals surface area contributed by atoms with Crippen LogP contribution in [-0.4, -0.2) is 29.5 Å². The lowest BCUT2D eigenvalue weighted by molar-refractivity contribution is 0.661. The molecule has 0 aliphatic heterocycles. The number of imidazole rings is 1. The number of benzene rings is 18. The number of nitrogens with zero attached hydrogens (tertiary/aromatic N) is 6. The summed E-state index contributed by atoms with van der Waals surface area (Å²) in [6.45, 7) is 9.41.